The maximum atomic E-state index is 12.1. The first-order chi connectivity index (χ1) is 8.70. The molecule has 0 unspecified atom stereocenters. The number of hydrogen-bond donors (Lipinski definition) is 2. The molecule has 2 fully saturated rings. The minimum Gasteiger partial charge on any atom is -0.379 e. The quantitative estimate of drug-likeness (QED) is 0.780. The molecule has 1 saturated heterocycles. The van der Waals surface area contributed by atoms with Crippen LogP contribution >= 0.6 is 0 Å². The lowest BCUT2D eigenvalue weighted by Crippen LogP contribution is -2.54. The zero-order valence-corrected chi connectivity index (χ0v) is 10.9. The summed E-state index contributed by atoms with van der Waals surface area (Å²) >= 11 is 0. The zero-order chi connectivity index (χ0) is 13.0. The first-order valence-corrected chi connectivity index (χ1v) is 6.83. The maximum Gasteiger partial charge on any atom is 0.242 e. The van der Waals surface area contributed by atoms with Gasteiger partial charge in [0.15, 0.2) is 0 Å². The van der Waals surface area contributed by atoms with Gasteiger partial charge in [-0.05, 0) is 25.7 Å². The third-order valence-electron chi connectivity index (χ3n) is 3.88. The Balaban J connectivity index is 1.87. The predicted molar refractivity (Wildman–Crippen MR) is 67.0 cm³/mol. The molecule has 1 heterocycles. The topological polar surface area (TPSA) is 67.4 Å². The van der Waals surface area contributed by atoms with Crippen molar-refractivity contribution in [1.82, 2.24) is 10.6 Å². The van der Waals surface area contributed by atoms with Gasteiger partial charge in [0.25, 0.3) is 0 Å². The molecule has 1 aliphatic heterocycles. The summed E-state index contributed by atoms with van der Waals surface area (Å²) < 4.78 is 5.41. The highest BCUT2D eigenvalue weighted by Gasteiger charge is 2.30. The van der Waals surface area contributed by atoms with E-state index in [1.165, 1.54) is 0 Å². The maximum absolute atomic E-state index is 12.1. The van der Waals surface area contributed by atoms with Gasteiger partial charge in [0.05, 0.1) is 12.1 Å². The van der Waals surface area contributed by atoms with E-state index < -0.39 is 0 Å². The summed E-state index contributed by atoms with van der Waals surface area (Å²) in [5.41, 5.74) is 0. The lowest BCUT2D eigenvalue weighted by atomic mass is 9.92. The summed E-state index contributed by atoms with van der Waals surface area (Å²) in [5.74, 6) is -0.0784. The molecule has 0 aromatic heterocycles. The molecule has 0 radical (unpaired) electrons. The van der Waals surface area contributed by atoms with Crippen molar-refractivity contribution in [2.75, 3.05) is 7.11 Å². The summed E-state index contributed by atoms with van der Waals surface area (Å²) in [7, 11) is 1.69. The van der Waals surface area contributed by atoms with E-state index in [1.54, 1.807) is 7.11 Å². The summed E-state index contributed by atoms with van der Waals surface area (Å²) in [6.07, 6.45) is 6.43. The van der Waals surface area contributed by atoms with Crippen LogP contribution in [0.5, 0.6) is 0 Å². The second-order valence-electron chi connectivity index (χ2n) is 5.19. The molecule has 5 nitrogen and oxygen atoms in total. The summed E-state index contributed by atoms with van der Waals surface area (Å²) in [4.78, 5) is 23.4. The van der Waals surface area contributed by atoms with Crippen LogP contribution in [0.25, 0.3) is 0 Å². The Labute approximate surface area is 108 Å². The Morgan fingerprint density at radius 2 is 2.06 bits per heavy atom. The highest BCUT2D eigenvalue weighted by Crippen LogP contribution is 2.21. The van der Waals surface area contributed by atoms with Crippen molar-refractivity contribution in [2.24, 2.45) is 0 Å². The Hall–Kier alpha value is -1.10. The molecule has 18 heavy (non-hydrogen) atoms. The molecule has 2 N–H and O–H groups in total. The van der Waals surface area contributed by atoms with Gasteiger partial charge in [0.2, 0.25) is 11.8 Å². The van der Waals surface area contributed by atoms with Gasteiger partial charge in [-0.1, -0.05) is 12.8 Å². The highest BCUT2D eigenvalue weighted by molar-refractivity contribution is 5.88. The van der Waals surface area contributed by atoms with Gasteiger partial charge in [0, 0.05) is 13.5 Å². The number of piperidine rings is 1. The molecular weight excluding hydrogens is 232 g/mol. The van der Waals surface area contributed by atoms with Crippen molar-refractivity contribution < 1.29 is 14.3 Å². The van der Waals surface area contributed by atoms with Crippen LogP contribution < -0.4 is 10.6 Å². The number of amides is 2. The molecule has 102 valence electrons. The lowest BCUT2D eigenvalue weighted by molar-refractivity contribution is -0.132. The number of hydrogen-bond acceptors (Lipinski definition) is 3. The SMILES string of the molecule is CO[C@H]1CCCC[C@@H]1NC(=O)[C@H]1CCCC(=O)N1. The summed E-state index contributed by atoms with van der Waals surface area (Å²) in [6, 6.07) is -0.263. The standard InChI is InChI=1S/C13H22N2O3/c1-18-11-7-3-2-5-9(11)15-13(17)10-6-4-8-12(16)14-10/h9-11H,2-8H2,1H3,(H,14,16)(H,15,17)/t9-,10+,11-/m0/s1. The van der Waals surface area contributed by atoms with Crippen molar-refractivity contribution in [3.63, 3.8) is 0 Å². The molecule has 3 atom stereocenters. The van der Waals surface area contributed by atoms with Crippen LogP contribution in [0.2, 0.25) is 0 Å². The van der Waals surface area contributed by atoms with Crippen LogP contribution in [-0.4, -0.2) is 37.1 Å². The van der Waals surface area contributed by atoms with Crippen molar-refractivity contribution in [3.05, 3.63) is 0 Å². The zero-order valence-electron chi connectivity index (χ0n) is 10.9. The van der Waals surface area contributed by atoms with Gasteiger partial charge < -0.3 is 15.4 Å². The van der Waals surface area contributed by atoms with Crippen LogP contribution in [0.4, 0.5) is 0 Å². The van der Waals surface area contributed by atoms with Gasteiger partial charge in [-0.2, -0.15) is 0 Å². The first kappa shape index (κ1) is 13.3. The fourth-order valence-electron chi connectivity index (χ4n) is 2.83. The van der Waals surface area contributed by atoms with E-state index in [9.17, 15) is 9.59 Å². The van der Waals surface area contributed by atoms with E-state index in [1.807, 2.05) is 0 Å². The molecule has 0 bridgehead atoms. The van der Waals surface area contributed by atoms with Crippen LogP contribution in [0.1, 0.15) is 44.9 Å². The smallest absolute Gasteiger partial charge is 0.242 e. The molecule has 2 amide bonds. The van der Waals surface area contributed by atoms with E-state index in [4.69, 9.17) is 4.74 Å². The fraction of sp³-hybridized carbons (Fsp3) is 0.846. The summed E-state index contributed by atoms with van der Waals surface area (Å²) in [6.45, 7) is 0. The Morgan fingerprint density at radius 1 is 1.28 bits per heavy atom. The first-order valence-electron chi connectivity index (χ1n) is 6.83. The van der Waals surface area contributed by atoms with E-state index in [2.05, 4.69) is 10.6 Å². The van der Waals surface area contributed by atoms with Crippen molar-refractivity contribution in [3.8, 4) is 0 Å². The van der Waals surface area contributed by atoms with Crippen molar-refractivity contribution >= 4 is 11.8 Å². The average molecular weight is 254 g/mol. The van der Waals surface area contributed by atoms with E-state index in [0.29, 0.717) is 6.42 Å². The third-order valence-corrected chi connectivity index (χ3v) is 3.88. The lowest BCUT2D eigenvalue weighted by Gasteiger charge is -2.33. The minimum absolute atomic E-state index is 0.0201. The Morgan fingerprint density at radius 3 is 2.78 bits per heavy atom. The van der Waals surface area contributed by atoms with Crippen LogP contribution in [-0.2, 0) is 14.3 Å². The number of nitrogens with one attached hydrogen (secondary N) is 2. The molecular formula is C13H22N2O3. The predicted octanol–water partition coefficient (Wildman–Crippen LogP) is 0.729. The van der Waals surface area contributed by atoms with Gasteiger partial charge in [0.1, 0.15) is 6.04 Å². The normalized spacial score (nSPS) is 32.7. The second kappa shape index (κ2) is 6.18. The monoisotopic (exact) mass is 254 g/mol. The fourth-order valence-corrected chi connectivity index (χ4v) is 2.83. The second-order valence-corrected chi connectivity index (χ2v) is 5.19. The molecule has 5 heteroatoms. The highest BCUT2D eigenvalue weighted by atomic mass is 16.5. The number of carbonyl (C=O) groups is 2. The van der Waals surface area contributed by atoms with Gasteiger partial charge in [-0.15, -0.1) is 0 Å². The minimum atomic E-state index is -0.356. The molecule has 2 rings (SSSR count). The van der Waals surface area contributed by atoms with Crippen LogP contribution in [0.15, 0.2) is 0 Å². The average Bonchev–Trinajstić information content (AvgIpc) is 2.39. The Bertz CT molecular complexity index is 319. The molecule has 0 aromatic carbocycles. The van der Waals surface area contributed by atoms with Gasteiger partial charge in [-0.3, -0.25) is 9.59 Å². The van der Waals surface area contributed by atoms with Gasteiger partial charge in [-0.25, -0.2) is 0 Å². The number of carbonyl (C=O) groups excluding carboxylic acids is 2. The van der Waals surface area contributed by atoms with Crippen molar-refractivity contribution in [2.45, 2.75) is 63.1 Å². The summed E-state index contributed by atoms with van der Waals surface area (Å²) in [5, 5.41) is 5.78. The van der Waals surface area contributed by atoms with Gasteiger partial charge >= 0.3 is 0 Å². The number of rotatable bonds is 3. The molecule has 0 aromatic rings. The van der Waals surface area contributed by atoms with Crippen LogP contribution in [0.3, 0.4) is 0 Å². The largest absolute Gasteiger partial charge is 0.379 e. The number of ether oxygens (including phenoxy) is 1. The molecule has 1 saturated carbocycles. The van der Waals surface area contributed by atoms with E-state index in [-0.39, 0.29) is 30.0 Å². The van der Waals surface area contributed by atoms with E-state index >= 15 is 0 Å². The number of methoxy groups -OCH3 is 1. The molecule has 1 aliphatic carbocycles. The molecule has 0 spiro atoms. The third kappa shape index (κ3) is 3.22. The van der Waals surface area contributed by atoms with E-state index in [0.717, 1.165) is 38.5 Å². The van der Waals surface area contributed by atoms with Crippen LogP contribution in [0, 0.1) is 0 Å². The molecule has 2 aliphatic rings. The Kier molecular flexibility index (Phi) is 4.58. The van der Waals surface area contributed by atoms with Crippen molar-refractivity contribution in [1.29, 1.82) is 0 Å².